The van der Waals surface area contributed by atoms with Crippen LogP contribution in [-0.2, 0) is 4.79 Å². The van der Waals surface area contributed by atoms with Gasteiger partial charge in [0.2, 0.25) is 0 Å². The van der Waals surface area contributed by atoms with Gasteiger partial charge in [0, 0.05) is 24.2 Å². The molecule has 2 atom stereocenters. The molecule has 0 saturated carbocycles. The maximum Gasteiger partial charge on any atom is 0.261 e. The quantitative estimate of drug-likeness (QED) is 0.773. The Hall–Kier alpha value is -1.88. The zero-order valence-electron chi connectivity index (χ0n) is 11.2. The van der Waals surface area contributed by atoms with Crippen molar-refractivity contribution in [3.63, 3.8) is 0 Å². The molecular weight excluding hydrogens is 247 g/mol. The number of benzene rings is 1. The highest BCUT2D eigenvalue weighted by atomic mass is 19.1. The summed E-state index contributed by atoms with van der Waals surface area (Å²) in [6.07, 6.45) is 0.833. The van der Waals surface area contributed by atoms with Crippen molar-refractivity contribution in [3.8, 4) is 5.75 Å². The Kier molecular flexibility index (Phi) is 5.51. The lowest BCUT2D eigenvalue weighted by molar-refractivity contribution is -0.127. The summed E-state index contributed by atoms with van der Waals surface area (Å²) in [5.41, 5.74) is 6.44. The molecule has 0 bridgehead atoms. The molecule has 3 N–H and O–H groups in total. The number of hydrogen-bond donors (Lipinski definition) is 2. The average Bonchev–Trinajstić information content (AvgIpc) is 2.35. The summed E-state index contributed by atoms with van der Waals surface area (Å²) in [4.78, 5) is 11.7. The van der Waals surface area contributed by atoms with Crippen molar-refractivity contribution in [2.24, 2.45) is 5.73 Å². The second-order valence-corrected chi connectivity index (χ2v) is 4.26. The minimum absolute atomic E-state index is 0.288. The van der Waals surface area contributed by atoms with Crippen LogP contribution in [0, 0.1) is 5.82 Å². The third-order valence-electron chi connectivity index (χ3n) is 2.56. The average molecular weight is 266 g/mol. The number of carbonyl (C=O) groups is 1. The Labute approximate surface area is 112 Å². The lowest BCUT2D eigenvalue weighted by Crippen LogP contribution is -2.36. The number of rotatable bonds is 6. The zero-order chi connectivity index (χ0) is 14.4. The summed E-state index contributed by atoms with van der Waals surface area (Å²) in [6, 6.07) is 3.80. The second kappa shape index (κ2) is 6.89. The minimum Gasteiger partial charge on any atom is -0.480 e. The van der Waals surface area contributed by atoms with E-state index in [1.54, 1.807) is 26.0 Å². The van der Waals surface area contributed by atoms with Gasteiger partial charge in [0.1, 0.15) is 11.6 Å². The van der Waals surface area contributed by atoms with Gasteiger partial charge >= 0.3 is 0 Å². The number of halogens is 1. The van der Waals surface area contributed by atoms with Gasteiger partial charge in [-0.3, -0.25) is 4.79 Å². The summed E-state index contributed by atoms with van der Waals surface area (Å²) < 4.78 is 18.7. The first-order valence-electron chi connectivity index (χ1n) is 6.06. The molecule has 1 unspecified atom stereocenters. The van der Waals surface area contributed by atoms with Crippen molar-refractivity contribution in [3.05, 3.63) is 42.2 Å². The van der Waals surface area contributed by atoms with Gasteiger partial charge in [-0.15, -0.1) is 6.58 Å². The first kappa shape index (κ1) is 15.2. The Morgan fingerprint density at radius 3 is 2.84 bits per heavy atom. The molecule has 0 aliphatic rings. The maximum absolute atomic E-state index is 13.2. The van der Waals surface area contributed by atoms with Gasteiger partial charge in [-0.2, -0.15) is 0 Å². The smallest absolute Gasteiger partial charge is 0.261 e. The lowest BCUT2D eigenvalue weighted by Gasteiger charge is -2.18. The first-order chi connectivity index (χ1) is 8.95. The van der Waals surface area contributed by atoms with Crippen LogP contribution in [0.25, 0.3) is 0 Å². The standard InChI is InChI=1S/C14H19FN2O2/c1-4-7-17-14(18)10(3)19-13-8-11(15)5-6-12(13)9(2)16/h4-6,8-10H,1,7,16H2,2-3H3,(H,17,18)/t9-,10?/m1/s1. The van der Waals surface area contributed by atoms with Crippen molar-refractivity contribution in [2.75, 3.05) is 6.54 Å². The monoisotopic (exact) mass is 266 g/mol. The van der Waals surface area contributed by atoms with E-state index in [0.29, 0.717) is 12.1 Å². The number of amides is 1. The van der Waals surface area contributed by atoms with E-state index in [0.717, 1.165) is 0 Å². The summed E-state index contributed by atoms with van der Waals surface area (Å²) in [5, 5.41) is 2.61. The van der Waals surface area contributed by atoms with Crippen LogP contribution in [0.5, 0.6) is 5.75 Å². The van der Waals surface area contributed by atoms with Gasteiger partial charge in [0.25, 0.3) is 5.91 Å². The van der Waals surface area contributed by atoms with Gasteiger partial charge in [0.05, 0.1) is 0 Å². The van der Waals surface area contributed by atoms with Crippen LogP contribution in [0.4, 0.5) is 4.39 Å². The van der Waals surface area contributed by atoms with Crippen LogP contribution in [-0.4, -0.2) is 18.6 Å². The fourth-order valence-corrected chi connectivity index (χ4v) is 1.55. The summed E-state index contributed by atoms with van der Waals surface area (Å²) >= 11 is 0. The van der Waals surface area contributed by atoms with E-state index in [-0.39, 0.29) is 17.7 Å². The molecule has 0 aliphatic heterocycles. The van der Waals surface area contributed by atoms with E-state index in [2.05, 4.69) is 11.9 Å². The van der Waals surface area contributed by atoms with Crippen molar-refractivity contribution in [1.82, 2.24) is 5.32 Å². The second-order valence-electron chi connectivity index (χ2n) is 4.26. The largest absolute Gasteiger partial charge is 0.480 e. The van der Waals surface area contributed by atoms with Gasteiger partial charge < -0.3 is 15.8 Å². The van der Waals surface area contributed by atoms with Gasteiger partial charge in [0.15, 0.2) is 6.10 Å². The molecule has 5 heteroatoms. The Morgan fingerprint density at radius 1 is 1.58 bits per heavy atom. The Bertz CT molecular complexity index is 461. The Morgan fingerprint density at radius 2 is 2.26 bits per heavy atom. The van der Waals surface area contributed by atoms with Crippen LogP contribution in [0.15, 0.2) is 30.9 Å². The number of nitrogens with one attached hydrogen (secondary N) is 1. The van der Waals surface area contributed by atoms with Crippen LogP contribution in [0.3, 0.4) is 0 Å². The Balaban J connectivity index is 2.83. The highest BCUT2D eigenvalue weighted by molar-refractivity contribution is 5.80. The number of hydrogen-bond acceptors (Lipinski definition) is 3. The molecule has 19 heavy (non-hydrogen) atoms. The summed E-state index contributed by atoms with van der Waals surface area (Å²) in [6.45, 7) is 7.22. The third kappa shape index (κ3) is 4.37. The van der Waals surface area contributed by atoms with Crippen LogP contribution in [0.2, 0.25) is 0 Å². The highest BCUT2D eigenvalue weighted by Crippen LogP contribution is 2.25. The van der Waals surface area contributed by atoms with E-state index in [1.165, 1.54) is 12.1 Å². The third-order valence-corrected chi connectivity index (χ3v) is 2.56. The maximum atomic E-state index is 13.2. The molecule has 0 aromatic heterocycles. The first-order valence-corrected chi connectivity index (χ1v) is 6.06. The predicted octanol–water partition coefficient (Wildman–Crippen LogP) is 1.91. The van der Waals surface area contributed by atoms with Crippen molar-refractivity contribution in [1.29, 1.82) is 0 Å². The van der Waals surface area contributed by atoms with E-state index in [4.69, 9.17) is 10.5 Å². The van der Waals surface area contributed by atoms with Crippen molar-refractivity contribution in [2.45, 2.75) is 26.0 Å². The molecule has 1 aromatic carbocycles. The lowest BCUT2D eigenvalue weighted by atomic mass is 10.1. The number of carbonyl (C=O) groups excluding carboxylic acids is 1. The predicted molar refractivity (Wildman–Crippen MR) is 72.3 cm³/mol. The van der Waals surface area contributed by atoms with Gasteiger partial charge in [-0.1, -0.05) is 12.1 Å². The van der Waals surface area contributed by atoms with Gasteiger partial charge in [-0.25, -0.2) is 4.39 Å². The molecule has 0 spiro atoms. The SMILES string of the molecule is C=CCNC(=O)C(C)Oc1cc(F)ccc1[C@@H](C)N. The molecule has 0 aliphatic carbocycles. The molecule has 104 valence electrons. The molecule has 1 rings (SSSR count). The van der Waals surface area contributed by atoms with E-state index >= 15 is 0 Å². The van der Waals surface area contributed by atoms with E-state index in [1.807, 2.05) is 0 Å². The molecule has 0 heterocycles. The number of ether oxygens (including phenoxy) is 1. The fraction of sp³-hybridized carbons (Fsp3) is 0.357. The molecule has 0 saturated heterocycles. The fourth-order valence-electron chi connectivity index (χ4n) is 1.55. The van der Waals surface area contributed by atoms with Crippen molar-refractivity contribution < 1.29 is 13.9 Å². The summed E-state index contributed by atoms with van der Waals surface area (Å²) in [5.74, 6) is -0.436. The van der Waals surface area contributed by atoms with Crippen LogP contribution >= 0.6 is 0 Å². The molecule has 1 aromatic rings. The topological polar surface area (TPSA) is 64.3 Å². The molecule has 4 nitrogen and oxygen atoms in total. The molecule has 0 radical (unpaired) electrons. The minimum atomic E-state index is -0.737. The number of nitrogens with two attached hydrogens (primary N) is 1. The zero-order valence-corrected chi connectivity index (χ0v) is 11.2. The molecule has 1 amide bonds. The normalized spacial score (nSPS) is 13.5. The van der Waals surface area contributed by atoms with Gasteiger partial charge in [-0.05, 0) is 19.9 Å². The summed E-state index contributed by atoms with van der Waals surface area (Å²) in [7, 11) is 0. The van der Waals surface area contributed by atoms with Crippen molar-refractivity contribution >= 4 is 5.91 Å². The van der Waals surface area contributed by atoms with E-state index < -0.39 is 11.9 Å². The molecular formula is C14H19FN2O2. The van der Waals surface area contributed by atoms with Crippen LogP contribution < -0.4 is 15.8 Å². The van der Waals surface area contributed by atoms with E-state index in [9.17, 15) is 9.18 Å². The van der Waals surface area contributed by atoms with Crippen LogP contribution in [0.1, 0.15) is 25.5 Å². The molecule has 0 fully saturated rings. The highest BCUT2D eigenvalue weighted by Gasteiger charge is 2.17.